The summed E-state index contributed by atoms with van der Waals surface area (Å²) in [4.78, 5) is 52.5. The largest absolute Gasteiger partial charge is 0.472 e. The maximum atomic E-state index is 14.1. The van der Waals surface area contributed by atoms with Crippen LogP contribution in [-0.2, 0) is 42.9 Å². The van der Waals surface area contributed by atoms with E-state index in [9.17, 15) is 34.5 Å². The zero-order valence-electron chi connectivity index (χ0n) is 24.2. The molecule has 0 aromatic carbocycles. The molecule has 13 nitrogen and oxygen atoms in total. The first-order chi connectivity index (χ1) is 19.4. The van der Waals surface area contributed by atoms with Gasteiger partial charge in [0, 0.05) is 29.9 Å². The molecule has 13 heteroatoms. The molecule has 1 spiro atoms. The molecule has 1 aromatic heterocycles. The van der Waals surface area contributed by atoms with Gasteiger partial charge in [-0.2, -0.15) is 0 Å². The number of fused-ring (bicyclic) bond motifs is 3. The third kappa shape index (κ3) is 2.73. The number of hydrogen-bond acceptors (Lipinski definition) is 13. The Hall–Kier alpha value is -3.10. The Balaban J connectivity index is 1.72. The van der Waals surface area contributed by atoms with Crippen molar-refractivity contribution in [2.24, 2.45) is 22.2 Å². The molecule has 0 bridgehead atoms. The number of esters is 3. The smallest absolute Gasteiger partial charge is 0.339 e. The third-order valence-electron chi connectivity index (χ3n) is 10.9. The highest BCUT2D eigenvalue weighted by Crippen LogP contribution is 2.84. The fourth-order valence-electron chi connectivity index (χ4n) is 9.18. The Bertz CT molecular complexity index is 1430. The molecule has 2 saturated carbocycles. The van der Waals surface area contributed by atoms with Crippen LogP contribution in [0, 0.1) is 22.2 Å². The van der Waals surface area contributed by atoms with Gasteiger partial charge >= 0.3 is 17.9 Å². The van der Waals surface area contributed by atoms with Crippen molar-refractivity contribution in [2.45, 2.75) is 88.5 Å². The highest BCUT2D eigenvalue weighted by Gasteiger charge is 3.01. The van der Waals surface area contributed by atoms with Crippen LogP contribution in [0.15, 0.2) is 35.2 Å². The van der Waals surface area contributed by atoms with E-state index in [4.69, 9.17) is 28.1 Å². The molecule has 0 radical (unpaired) electrons. The van der Waals surface area contributed by atoms with Crippen molar-refractivity contribution in [3.63, 3.8) is 0 Å². The molecular weight excluding hydrogens is 556 g/mol. The average molecular weight is 591 g/mol. The van der Waals surface area contributed by atoms with Crippen molar-refractivity contribution < 1.29 is 62.6 Å². The molecule has 0 amide bonds. The first-order valence-electron chi connectivity index (χ1n) is 13.6. The Kier molecular flexibility index (Phi) is 5.58. The van der Waals surface area contributed by atoms with E-state index in [-0.39, 0.29) is 0 Å². The highest BCUT2D eigenvalue weighted by molar-refractivity contribution is 6.00. The lowest BCUT2D eigenvalue weighted by molar-refractivity contribution is -0.356. The summed E-state index contributed by atoms with van der Waals surface area (Å²) in [6, 6.07) is 1.53. The zero-order valence-corrected chi connectivity index (χ0v) is 24.2. The fourth-order valence-corrected chi connectivity index (χ4v) is 9.18. The van der Waals surface area contributed by atoms with E-state index < -0.39 is 92.9 Å². The molecule has 228 valence electrons. The number of rotatable bonds is 4. The lowest BCUT2D eigenvalue weighted by atomic mass is 9.43. The van der Waals surface area contributed by atoms with E-state index in [1.165, 1.54) is 52.4 Å². The Labute approximate surface area is 240 Å². The number of ether oxygens (including phenoxy) is 5. The van der Waals surface area contributed by atoms with Crippen LogP contribution in [0.2, 0.25) is 0 Å². The predicted octanol–water partition coefficient (Wildman–Crippen LogP) is 0.497. The van der Waals surface area contributed by atoms with Crippen LogP contribution in [0.5, 0.6) is 0 Å². The van der Waals surface area contributed by atoms with Crippen molar-refractivity contribution in [3.05, 3.63) is 36.3 Å². The normalized spacial score (nSPS) is 49.9. The summed E-state index contributed by atoms with van der Waals surface area (Å²) < 4.78 is 33.9. The summed E-state index contributed by atoms with van der Waals surface area (Å²) in [7, 11) is 1.13. The first-order valence-corrected chi connectivity index (χ1v) is 13.6. The van der Waals surface area contributed by atoms with Gasteiger partial charge in [-0.1, -0.05) is 26.8 Å². The molecular formula is C29H34O13. The molecule has 2 aliphatic carbocycles. The summed E-state index contributed by atoms with van der Waals surface area (Å²) in [5, 5.41) is 37.7. The number of aliphatic hydroxyl groups is 3. The van der Waals surface area contributed by atoms with Gasteiger partial charge in [0.25, 0.3) is 0 Å². The maximum Gasteiger partial charge on any atom is 0.339 e. The van der Waals surface area contributed by atoms with Gasteiger partial charge in [-0.25, -0.2) is 9.59 Å². The summed E-state index contributed by atoms with van der Waals surface area (Å²) >= 11 is 0. The van der Waals surface area contributed by atoms with Crippen LogP contribution in [0.25, 0.3) is 0 Å². The number of furan rings is 1. The number of epoxide rings is 1. The molecule has 1 aromatic rings. The summed E-state index contributed by atoms with van der Waals surface area (Å²) in [6.45, 7) is 8.29. The monoisotopic (exact) mass is 590 g/mol. The molecule has 5 fully saturated rings. The van der Waals surface area contributed by atoms with Gasteiger partial charge in [-0.05, 0) is 19.9 Å². The zero-order chi connectivity index (χ0) is 31.1. The van der Waals surface area contributed by atoms with Gasteiger partial charge in [0.05, 0.1) is 30.5 Å². The number of Topliss-reactive ketones (excluding diaryl/α,β-unsaturated/α-hetero) is 1. The van der Waals surface area contributed by atoms with Crippen LogP contribution < -0.4 is 0 Å². The minimum absolute atomic E-state index is 0.346. The lowest BCUT2D eigenvalue weighted by Gasteiger charge is -2.63. The Morgan fingerprint density at radius 2 is 1.74 bits per heavy atom. The molecule has 3 aliphatic heterocycles. The molecule has 4 heterocycles. The maximum absolute atomic E-state index is 14.1. The molecule has 42 heavy (non-hydrogen) atoms. The van der Waals surface area contributed by atoms with Crippen molar-refractivity contribution in [2.75, 3.05) is 7.11 Å². The third-order valence-corrected chi connectivity index (χ3v) is 10.9. The summed E-state index contributed by atoms with van der Waals surface area (Å²) in [6.07, 6.45) is -0.996. The molecule has 6 rings (SSSR count). The van der Waals surface area contributed by atoms with E-state index >= 15 is 0 Å². The average Bonchev–Trinajstić information content (AvgIpc) is 3.41. The van der Waals surface area contributed by atoms with E-state index in [1.54, 1.807) is 6.92 Å². The van der Waals surface area contributed by atoms with Crippen molar-refractivity contribution in [1.82, 2.24) is 0 Å². The minimum Gasteiger partial charge on any atom is -0.472 e. The van der Waals surface area contributed by atoms with Gasteiger partial charge in [-0.15, -0.1) is 0 Å². The number of ketones is 1. The van der Waals surface area contributed by atoms with Gasteiger partial charge in [-0.3, -0.25) is 9.59 Å². The molecule has 5 aliphatic rings. The van der Waals surface area contributed by atoms with Crippen LogP contribution >= 0.6 is 0 Å². The SMILES string of the molecule is COC(=O)/C=C\[C@@]1(C)[C@H]2[C@@H](OC(C)=O)[C@@H](O)[C@@]3(C)[C@H](c4ccoc4)OC(=O)[C@H]4O[C@]43[C@]2(C)[C@]2(O)OC(C)(C)C(=O)[C@@]21O. The second kappa shape index (κ2) is 8.08. The molecule has 3 N–H and O–H groups in total. The van der Waals surface area contributed by atoms with E-state index in [0.29, 0.717) is 5.56 Å². The minimum atomic E-state index is -2.81. The standard InChI is InChI=1S/C29H34O13/c1-13(30)39-16-17-24(4,10-8-15(31)37-7)27(35)22(34)23(2,3)42-29(27,36)26(17,6)28-20(41-28)21(33)40-19(14-9-11-38-12-14)25(28,5)18(16)32/h8-12,16-20,32,35-36H,1-7H3/b10-8-/t16-,17-,18-,19+,20-,24+,25+,26-,27+,28-,29+/m1/s1. The fraction of sp³-hybridized carbons (Fsp3) is 0.655. The van der Waals surface area contributed by atoms with E-state index in [2.05, 4.69) is 0 Å². The van der Waals surface area contributed by atoms with Crippen molar-refractivity contribution in [3.8, 4) is 0 Å². The number of methoxy groups -OCH3 is 1. The quantitative estimate of drug-likeness (QED) is 0.190. The molecule has 11 atom stereocenters. The summed E-state index contributed by atoms with van der Waals surface area (Å²) in [5.74, 6) is -7.59. The first kappa shape index (κ1) is 29.0. The van der Waals surface area contributed by atoms with Gasteiger partial charge in [0.15, 0.2) is 11.7 Å². The van der Waals surface area contributed by atoms with Crippen LogP contribution in [0.4, 0.5) is 0 Å². The number of carbonyl (C=O) groups is 4. The highest BCUT2D eigenvalue weighted by atomic mass is 16.7. The summed E-state index contributed by atoms with van der Waals surface area (Å²) in [5.41, 5.74) is -11.7. The van der Waals surface area contributed by atoms with Crippen LogP contribution in [0.3, 0.4) is 0 Å². The van der Waals surface area contributed by atoms with Gasteiger partial charge < -0.3 is 43.4 Å². The lowest BCUT2D eigenvalue weighted by Crippen LogP contribution is -2.77. The molecule has 3 saturated heterocycles. The second-order valence-electron chi connectivity index (χ2n) is 13.0. The number of hydrogen-bond donors (Lipinski definition) is 3. The van der Waals surface area contributed by atoms with E-state index in [1.807, 2.05) is 0 Å². The Morgan fingerprint density at radius 1 is 1.07 bits per heavy atom. The topological polar surface area (TPSA) is 192 Å². The number of carbonyl (C=O) groups excluding carboxylic acids is 4. The van der Waals surface area contributed by atoms with Crippen molar-refractivity contribution >= 4 is 23.7 Å². The molecule has 0 unspecified atom stereocenters. The Morgan fingerprint density at radius 3 is 2.31 bits per heavy atom. The second-order valence-corrected chi connectivity index (χ2v) is 13.0. The predicted molar refractivity (Wildman–Crippen MR) is 136 cm³/mol. The van der Waals surface area contributed by atoms with E-state index in [0.717, 1.165) is 20.1 Å². The van der Waals surface area contributed by atoms with Crippen molar-refractivity contribution in [1.29, 1.82) is 0 Å². The number of aliphatic hydroxyl groups excluding tert-OH is 1. The number of cyclic esters (lactones) is 1. The van der Waals surface area contributed by atoms with Crippen LogP contribution in [0.1, 0.15) is 53.2 Å². The van der Waals surface area contributed by atoms with Gasteiger partial charge in [0.1, 0.15) is 29.5 Å². The van der Waals surface area contributed by atoms with Crippen LogP contribution in [-0.4, -0.2) is 87.0 Å². The van der Waals surface area contributed by atoms with Gasteiger partial charge in [0.2, 0.25) is 11.6 Å².